The first kappa shape index (κ1) is 74.8. The summed E-state index contributed by atoms with van der Waals surface area (Å²) in [5.74, 6) is 0.321. The second kappa shape index (κ2) is 42.1. The van der Waals surface area contributed by atoms with Gasteiger partial charge in [0.15, 0.2) is 11.6 Å². The maximum atomic E-state index is 12.2. The number of nitriles is 4. The molecule has 10 heteroatoms. The van der Waals surface area contributed by atoms with E-state index in [0.717, 1.165) is 50.4 Å². The van der Waals surface area contributed by atoms with Crippen LogP contribution in [-0.4, -0.2) is 22.3 Å². The molecule has 3 unspecified atom stereocenters. The lowest BCUT2D eigenvalue weighted by atomic mass is 9.85. The first-order valence-electron chi connectivity index (χ1n) is 33.3. The van der Waals surface area contributed by atoms with Crippen molar-refractivity contribution in [1.29, 1.82) is 21.0 Å². The monoisotopic (exact) mass is 1310 g/mol. The van der Waals surface area contributed by atoms with E-state index in [-0.39, 0.29) is 29.3 Å². The van der Waals surface area contributed by atoms with Crippen LogP contribution in [0.3, 0.4) is 0 Å². The van der Waals surface area contributed by atoms with E-state index in [1.807, 2.05) is 212 Å². The number of aryl methyl sites for hydroxylation is 3. The number of nitrogens with one attached hydrogen (secondary N) is 2. The maximum absolute atomic E-state index is 12.2. The number of fused-ring (bicyclic) bond motifs is 1. The van der Waals surface area contributed by atoms with Crippen molar-refractivity contribution in [2.75, 3.05) is 5.43 Å². The topological polar surface area (TPSA) is 195 Å². The highest BCUT2D eigenvalue weighted by atomic mass is 16.1. The fourth-order valence-electron chi connectivity index (χ4n) is 11.1. The van der Waals surface area contributed by atoms with Gasteiger partial charge in [-0.2, -0.15) is 26.1 Å². The molecule has 0 aliphatic heterocycles. The Morgan fingerprint density at radius 2 is 0.940 bits per heavy atom. The van der Waals surface area contributed by atoms with Crippen LogP contribution in [0.5, 0.6) is 0 Å². The van der Waals surface area contributed by atoms with E-state index in [1.165, 1.54) is 50.4 Å². The van der Waals surface area contributed by atoms with Gasteiger partial charge in [-0.25, -0.2) is 0 Å². The summed E-state index contributed by atoms with van der Waals surface area (Å²) < 4.78 is 0. The van der Waals surface area contributed by atoms with Crippen LogP contribution in [0, 0.1) is 66.1 Å². The molecule has 4 N–H and O–H groups in total. The number of nitrogens with two attached hydrogens (primary N) is 1. The molecular formula is C90H84N8O2. The minimum absolute atomic E-state index is 0.0288. The second-order valence-corrected chi connectivity index (χ2v) is 23.7. The number of benzene rings is 11. The number of hydrogen-bond acceptors (Lipinski definition) is 9. The predicted octanol–water partition coefficient (Wildman–Crippen LogP) is 21.6. The highest BCUT2D eigenvalue weighted by molar-refractivity contribution is 6.01. The molecule has 100 heavy (non-hydrogen) atoms. The zero-order valence-corrected chi connectivity index (χ0v) is 57.2. The van der Waals surface area contributed by atoms with Crippen molar-refractivity contribution < 1.29 is 9.59 Å². The Morgan fingerprint density at radius 3 is 1.42 bits per heavy atom. The van der Waals surface area contributed by atoms with Gasteiger partial charge in [-0.05, 0) is 114 Å². The zero-order chi connectivity index (χ0) is 70.9. The molecule has 0 saturated carbocycles. The van der Waals surface area contributed by atoms with E-state index in [1.54, 1.807) is 13.0 Å². The summed E-state index contributed by atoms with van der Waals surface area (Å²) >= 11 is 0. The molecule has 11 aromatic carbocycles. The third-order valence-electron chi connectivity index (χ3n) is 16.2. The quantitative estimate of drug-likeness (QED) is 0.0308. The van der Waals surface area contributed by atoms with Crippen molar-refractivity contribution in [3.63, 3.8) is 0 Å². The van der Waals surface area contributed by atoms with Crippen molar-refractivity contribution in [3.8, 4) is 35.5 Å². The summed E-state index contributed by atoms with van der Waals surface area (Å²) in [7, 11) is 0. The molecule has 0 saturated heterocycles. The SMILES string of the molecule is CC(=O)c1ccccc1.Cc1ccc2c(C(CC#N)c3ccccc3)c(-c3ccccc3)[nH]c2c1.Cc1cccc(CN)c1.Cc1cccc(N/N=C(/CC(CC#N)c2ccccc2)c2ccccc2)c1.N#C/C=C/c1ccccc1.N#CCC(CC(=O)c1ccccc1)c1ccccc1. The van der Waals surface area contributed by atoms with E-state index in [9.17, 15) is 20.1 Å². The summed E-state index contributed by atoms with van der Waals surface area (Å²) in [4.78, 5) is 26.5. The van der Waals surface area contributed by atoms with E-state index in [2.05, 4.69) is 153 Å². The first-order valence-corrected chi connectivity index (χ1v) is 33.3. The Labute approximate surface area is 590 Å². The van der Waals surface area contributed by atoms with Crippen molar-refractivity contribution in [3.05, 3.63) is 382 Å². The number of aromatic amines is 1. The number of H-pyrrole nitrogens is 1. The number of ketones is 2. The van der Waals surface area contributed by atoms with Crippen molar-refractivity contribution in [1.82, 2.24) is 4.98 Å². The fraction of sp³-hybridized carbons (Fsp3) is 0.144. The summed E-state index contributed by atoms with van der Waals surface area (Å²) in [6, 6.07) is 111. The van der Waals surface area contributed by atoms with Crippen LogP contribution >= 0.6 is 0 Å². The van der Waals surface area contributed by atoms with Gasteiger partial charge in [-0.3, -0.25) is 15.0 Å². The van der Waals surface area contributed by atoms with Gasteiger partial charge < -0.3 is 10.7 Å². The Balaban J connectivity index is 0.000000178. The van der Waals surface area contributed by atoms with Gasteiger partial charge in [0.25, 0.3) is 0 Å². The third-order valence-corrected chi connectivity index (χ3v) is 16.2. The summed E-state index contributed by atoms with van der Waals surface area (Å²) in [5.41, 5.74) is 27.0. The van der Waals surface area contributed by atoms with Crippen molar-refractivity contribution in [2.24, 2.45) is 10.8 Å². The number of carbonyl (C=O) groups excluding carboxylic acids is 2. The third kappa shape index (κ3) is 24.9. The highest BCUT2D eigenvalue weighted by Crippen LogP contribution is 2.41. The van der Waals surface area contributed by atoms with Gasteiger partial charge >= 0.3 is 0 Å². The number of nitrogens with zero attached hydrogens (tertiary/aromatic N) is 5. The van der Waals surface area contributed by atoms with Gasteiger partial charge in [0.05, 0.1) is 41.4 Å². The second-order valence-electron chi connectivity index (χ2n) is 23.7. The molecule has 1 aromatic heterocycles. The molecule has 3 atom stereocenters. The van der Waals surface area contributed by atoms with E-state index in [4.69, 9.17) is 21.4 Å². The molecule has 0 radical (unpaired) electrons. The Morgan fingerprint density at radius 1 is 0.480 bits per heavy atom. The standard InChI is InChI=1S/C24H23N3.C24H20N2.C17H15NO.C9H7N.C8H11N.C8H8O/c1-19-9-8-14-23(17-19)26-27-24(21-12-6-3-7-13-21)18-22(15-16-25)20-10-4-2-5-11-20;1-17-12-13-21-22(16-17)26-24(19-10-6-3-7-11-19)23(21)20(14-15-25)18-8-4-2-5-9-18;18-12-11-16(14-7-3-1-4-8-14)13-17(19)15-9-5-2-6-10-15;10-8-4-7-9-5-2-1-3-6-9;1-7-3-2-4-8(5-7)6-9;1-7(9)8-5-3-2-4-6-8/h2-14,17,22,26H,15,18H2,1H3;2-13,16,20,26H,14H2,1H3;1-10,16H,11,13H2;1-7H;2-5H,6,9H2,1H3;2-6H,1H3/b27-24-;;;7-4+;;. The molecule has 0 fully saturated rings. The Bertz CT molecular complexity index is 4650. The molecule has 0 aliphatic carbocycles. The van der Waals surface area contributed by atoms with Gasteiger partial charge in [0.2, 0.25) is 0 Å². The predicted molar refractivity (Wildman–Crippen MR) is 410 cm³/mol. The minimum atomic E-state index is -0.0288. The maximum Gasteiger partial charge on any atom is 0.163 e. The van der Waals surface area contributed by atoms with Gasteiger partial charge in [-0.15, -0.1) is 0 Å². The van der Waals surface area contributed by atoms with Crippen LogP contribution in [0.4, 0.5) is 5.69 Å². The molecule has 12 aromatic rings. The van der Waals surface area contributed by atoms with Crippen LogP contribution in [0.15, 0.2) is 321 Å². The molecule has 1 heterocycles. The minimum Gasteiger partial charge on any atom is -0.354 e. The van der Waals surface area contributed by atoms with Crippen LogP contribution in [0.2, 0.25) is 0 Å². The van der Waals surface area contributed by atoms with Gasteiger partial charge in [-0.1, -0.05) is 297 Å². The molecule has 10 nitrogen and oxygen atoms in total. The summed E-state index contributed by atoms with van der Waals surface area (Å²) in [6.45, 7) is 8.44. The Hall–Kier alpha value is -12.6. The van der Waals surface area contributed by atoms with E-state index < -0.39 is 0 Å². The average molecular weight is 1310 g/mol. The highest BCUT2D eigenvalue weighted by Gasteiger charge is 2.24. The molecule has 0 spiro atoms. The molecular weight excluding hydrogens is 1230 g/mol. The van der Waals surface area contributed by atoms with Gasteiger partial charge in [0, 0.05) is 78.1 Å². The van der Waals surface area contributed by atoms with Crippen LogP contribution in [-0.2, 0) is 6.54 Å². The summed E-state index contributed by atoms with van der Waals surface area (Å²) in [5, 5.41) is 41.8. The number of allylic oxidation sites excluding steroid dienone is 1. The average Bonchev–Trinajstić information content (AvgIpc) is 1.61. The number of aromatic nitrogens is 1. The molecule has 0 bridgehead atoms. The van der Waals surface area contributed by atoms with Crippen LogP contribution < -0.4 is 11.2 Å². The number of anilines is 1. The summed E-state index contributed by atoms with van der Waals surface area (Å²) in [6.07, 6.45) is 5.59. The number of rotatable bonds is 19. The molecule has 0 aliphatic rings. The number of hydrogen-bond donors (Lipinski definition) is 3. The number of carbonyl (C=O) groups is 2. The lowest BCUT2D eigenvalue weighted by Gasteiger charge is -2.17. The van der Waals surface area contributed by atoms with Gasteiger partial charge in [0.1, 0.15) is 0 Å². The van der Waals surface area contributed by atoms with Crippen molar-refractivity contribution in [2.45, 2.75) is 84.1 Å². The lowest BCUT2D eigenvalue weighted by Crippen LogP contribution is -2.11. The first-order chi connectivity index (χ1) is 48.9. The number of hydrazone groups is 1. The molecule has 0 amide bonds. The van der Waals surface area contributed by atoms with Crippen LogP contribution in [0.1, 0.15) is 133 Å². The zero-order valence-electron chi connectivity index (χ0n) is 57.2. The largest absolute Gasteiger partial charge is 0.354 e. The van der Waals surface area contributed by atoms with Crippen LogP contribution in [0.25, 0.3) is 28.2 Å². The lowest BCUT2D eigenvalue weighted by molar-refractivity contribution is 0.0972. The molecule has 12 rings (SSSR count). The van der Waals surface area contributed by atoms with E-state index in [0.29, 0.717) is 44.2 Å². The number of Topliss-reactive ketones (excluding diaryl/α,β-unsaturated/α-hetero) is 2. The Kier molecular flexibility index (Phi) is 31.5. The fourth-order valence-corrected chi connectivity index (χ4v) is 11.1. The molecule has 496 valence electrons. The van der Waals surface area contributed by atoms with E-state index >= 15 is 0 Å². The van der Waals surface area contributed by atoms with Crippen molar-refractivity contribution >= 4 is 39.9 Å². The normalized spacial score (nSPS) is 11.2. The smallest absolute Gasteiger partial charge is 0.163 e.